The number of hydrogen-bond acceptors (Lipinski definition) is 5. The number of piperidine rings is 1. The van der Waals surface area contributed by atoms with Gasteiger partial charge in [0, 0.05) is 12.4 Å². The van der Waals surface area contributed by atoms with Crippen molar-refractivity contribution in [2.24, 2.45) is 0 Å². The third kappa shape index (κ3) is 4.38. The van der Waals surface area contributed by atoms with Crippen LogP contribution in [0.25, 0.3) is 0 Å². The molecule has 1 aromatic rings. The Labute approximate surface area is 106 Å². The minimum Gasteiger partial charge on any atom is -0.370 e. The Hall–Kier alpha value is -1.04. The lowest BCUT2D eigenvalue weighted by Crippen LogP contribution is -2.33. The second kappa shape index (κ2) is 7.32. The lowest BCUT2D eigenvalue weighted by atomic mass is 10.1. The molecular weight excluding hydrogens is 242 g/mol. The van der Waals surface area contributed by atoms with Gasteiger partial charge < -0.3 is 10.1 Å². The second-order valence-corrected chi connectivity index (χ2v) is 3.77. The summed E-state index contributed by atoms with van der Waals surface area (Å²) in [5, 5.41) is 3.25. The summed E-state index contributed by atoms with van der Waals surface area (Å²) >= 11 is 0. The van der Waals surface area contributed by atoms with Crippen molar-refractivity contribution in [2.45, 2.75) is 18.9 Å². The standard InChI is InChI=1S/C11H15N3O2.ClH/c15-11(10-7-13-5-6-14-10)8-16-9-1-3-12-4-2-9;/h5-7,9,12H,1-4,8H2;1H. The number of carbonyl (C=O) groups excluding carboxylic acids is 1. The first kappa shape index (κ1) is 14.0. The summed E-state index contributed by atoms with van der Waals surface area (Å²) in [7, 11) is 0. The van der Waals surface area contributed by atoms with Crippen molar-refractivity contribution in [3.8, 4) is 0 Å². The second-order valence-electron chi connectivity index (χ2n) is 3.77. The first-order chi connectivity index (χ1) is 7.86. The van der Waals surface area contributed by atoms with E-state index in [4.69, 9.17) is 4.74 Å². The molecule has 2 rings (SSSR count). The van der Waals surface area contributed by atoms with Crippen molar-refractivity contribution in [2.75, 3.05) is 19.7 Å². The number of nitrogens with one attached hydrogen (secondary N) is 1. The number of rotatable bonds is 4. The number of aromatic nitrogens is 2. The van der Waals surface area contributed by atoms with Gasteiger partial charge in [0.15, 0.2) is 0 Å². The number of halogens is 1. The molecule has 0 saturated carbocycles. The van der Waals surface area contributed by atoms with Crippen molar-refractivity contribution >= 4 is 18.2 Å². The number of ether oxygens (including phenoxy) is 1. The normalized spacial score (nSPS) is 16.2. The van der Waals surface area contributed by atoms with Gasteiger partial charge >= 0.3 is 0 Å². The molecule has 1 saturated heterocycles. The van der Waals surface area contributed by atoms with E-state index < -0.39 is 0 Å². The minimum atomic E-state index is -0.105. The monoisotopic (exact) mass is 257 g/mol. The molecule has 0 radical (unpaired) electrons. The number of carbonyl (C=O) groups is 1. The molecule has 0 aromatic carbocycles. The van der Waals surface area contributed by atoms with Gasteiger partial charge in [0.25, 0.3) is 0 Å². The fraction of sp³-hybridized carbons (Fsp3) is 0.545. The maximum atomic E-state index is 11.6. The highest BCUT2D eigenvalue weighted by atomic mass is 35.5. The zero-order chi connectivity index (χ0) is 11.2. The van der Waals surface area contributed by atoms with Gasteiger partial charge in [-0.05, 0) is 25.9 Å². The van der Waals surface area contributed by atoms with Crippen LogP contribution < -0.4 is 5.32 Å². The molecule has 1 aliphatic heterocycles. The molecule has 1 aromatic heterocycles. The van der Waals surface area contributed by atoms with E-state index in [0.29, 0.717) is 5.69 Å². The molecule has 94 valence electrons. The van der Waals surface area contributed by atoms with Crippen molar-refractivity contribution in [3.05, 3.63) is 24.3 Å². The molecule has 0 spiro atoms. The Bertz CT molecular complexity index is 342. The van der Waals surface area contributed by atoms with Gasteiger partial charge in [0.2, 0.25) is 5.78 Å². The van der Waals surface area contributed by atoms with Crippen molar-refractivity contribution in [1.82, 2.24) is 15.3 Å². The Balaban J connectivity index is 0.00000144. The molecular formula is C11H16ClN3O2. The SMILES string of the molecule is Cl.O=C(COC1CCNCC1)c1cnccn1. The Morgan fingerprint density at radius 2 is 2.18 bits per heavy atom. The summed E-state index contributed by atoms with van der Waals surface area (Å²) in [4.78, 5) is 19.4. The molecule has 1 aliphatic rings. The van der Waals surface area contributed by atoms with Crippen molar-refractivity contribution < 1.29 is 9.53 Å². The van der Waals surface area contributed by atoms with Crippen LogP contribution in [0.15, 0.2) is 18.6 Å². The molecule has 2 heterocycles. The van der Waals surface area contributed by atoms with E-state index in [0.717, 1.165) is 25.9 Å². The van der Waals surface area contributed by atoms with Gasteiger partial charge in [0.05, 0.1) is 12.3 Å². The number of nitrogens with zero attached hydrogens (tertiary/aromatic N) is 2. The van der Waals surface area contributed by atoms with Gasteiger partial charge in [-0.2, -0.15) is 0 Å². The third-order valence-electron chi connectivity index (χ3n) is 2.59. The summed E-state index contributed by atoms with van der Waals surface area (Å²) in [6, 6.07) is 0. The summed E-state index contributed by atoms with van der Waals surface area (Å²) in [6.45, 7) is 2.03. The quantitative estimate of drug-likeness (QED) is 0.811. The van der Waals surface area contributed by atoms with E-state index in [1.165, 1.54) is 12.4 Å². The summed E-state index contributed by atoms with van der Waals surface area (Å²) in [6.07, 6.45) is 6.65. The lowest BCUT2D eigenvalue weighted by Gasteiger charge is -2.22. The molecule has 6 heteroatoms. The highest BCUT2D eigenvalue weighted by molar-refractivity contribution is 5.94. The number of hydrogen-bond donors (Lipinski definition) is 1. The Morgan fingerprint density at radius 1 is 1.41 bits per heavy atom. The zero-order valence-corrected chi connectivity index (χ0v) is 10.3. The van der Waals surface area contributed by atoms with E-state index in [9.17, 15) is 4.79 Å². The van der Waals surface area contributed by atoms with Crippen molar-refractivity contribution in [1.29, 1.82) is 0 Å². The number of ketones is 1. The topological polar surface area (TPSA) is 64.1 Å². The third-order valence-corrected chi connectivity index (χ3v) is 2.59. The predicted octanol–water partition coefficient (Wildman–Crippen LogP) is 0.850. The van der Waals surface area contributed by atoms with Crippen LogP contribution in [0.1, 0.15) is 23.3 Å². The Kier molecular flexibility index (Phi) is 6.04. The van der Waals surface area contributed by atoms with E-state index in [-0.39, 0.29) is 30.9 Å². The van der Waals surface area contributed by atoms with Gasteiger partial charge in [-0.3, -0.25) is 9.78 Å². The molecule has 0 bridgehead atoms. The van der Waals surface area contributed by atoms with Gasteiger partial charge in [-0.1, -0.05) is 0 Å². The summed E-state index contributed by atoms with van der Waals surface area (Å²) in [5.41, 5.74) is 0.372. The maximum absolute atomic E-state index is 11.6. The van der Waals surface area contributed by atoms with Gasteiger partial charge in [0.1, 0.15) is 12.3 Å². The molecule has 17 heavy (non-hydrogen) atoms. The fourth-order valence-corrected chi connectivity index (χ4v) is 1.67. The Morgan fingerprint density at radius 3 is 2.82 bits per heavy atom. The van der Waals surface area contributed by atoms with Crippen LogP contribution in [-0.2, 0) is 4.74 Å². The van der Waals surface area contributed by atoms with Crippen LogP contribution in [0.2, 0.25) is 0 Å². The lowest BCUT2D eigenvalue weighted by molar-refractivity contribution is 0.0314. The molecule has 0 amide bonds. The molecule has 0 unspecified atom stereocenters. The number of Topliss-reactive ketones (excluding diaryl/α,β-unsaturated/α-hetero) is 1. The van der Waals surface area contributed by atoms with Crippen LogP contribution >= 0.6 is 12.4 Å². The molecule has 0 atom stereocenters. The fourth-order valence-electron chi connectivity index (χ4n) is 1.67. The first-order valence-corrected chi connectivity index (χ1v) is 5.48. The van der Waals surface area contributed by atoms with Crippen LogP contribution in [0.3, 0.4) is 0 Å². The molecule has 1 N–H and O–H groups in total. The van der Waals surface area contributed by atoms with Crippen LogP contribution in [0.4, 0.5) is 0 Å². The highest BCUT2D eigenvalue weighted by Gasteiger charge is 2.15. The van der Waals surface area contributed by atoms with E-state index in [2.05, 4.69) is 15.3 Å². The van der Waals surface area contributed by atoms with E-state index >= 15 is 0 Å². The largest absolute Gasteiger partial charge is 0.370 e. The summed E-state index contributed by atoms with van der Waals surface area (Å²) in [5.74, 6) is -0.105. The first-order valence-electron chi connectivity index (χ1n) is 5.48. The van der Waals surface area contributed by atoms with Crippen LogP contribution in [0.5, 0.6) is 0 Å². The van der Waals surface area contributed by atoms with E-state index in [1.807, 2.05) is 0 Å². The average molecular weight is 258 g/mol. The summed E-state index contributed by atoms with van der Waals surface area (Å²) < 4.78 is 5.54. The van der Waals surface area contributed by atoms with Crippen molar-refractivity contribution in [3.63, 3.8) is 0 Å². The van der Waals surface area contributed by atoms with E-state index in [1.54, 1.807) is 6.20 Å². The minimum absolute atomic E-state index is 0. The molecule has 5 nitrogen and oxygen atoms in total. The van der Waals surface area contributed by atoms with Crippen LogP contribution in [-0.4, -0.2) is 41.6 Å². The van der Waals surface area contributed by atoms with Gasteiger partial charge in [-0.25, -0.2) is 4.98 Å². The van der Waals surface area contributed by atoms with Gasteiger partial charge in [-0.15, -0.1) is 12.4 Å². The molecule has 1 fully saturated rings. The van der Waals surface area contributed by atoms with Crippen LogP contribution in [0, 0.1) is 0 Å². The highest BCUT2D eigenvalue weighted by Crippen LogP contribution is 2.07. The smallest absolute Gasteiger partial charge is 0.208 e. The zero-order valence-electron chi connectivity index (χ0n) is 9.46. The maximum Gasteiger partial charge on any atom is 0.208 e. The average Bonchev–Trinajstić information content (AvgIpc) is 2.38. The predicted molar refractivity (Wildman–Crippen MR) is 65.5 cm³/mol. The molecule has 0 aliphatic carbocycles.